The lowest BCUT2D eigenvalue weighted by atomic mass is 9.96. The number of aromatic nitrogens is 4. The molecular formula is C25H34N6O3S. The molecule has 1 aliphatic heterocycles. The lowest BCUT2D eigenvalue weighted by Gasteiger charge is -2.34. The Morgan fingerprint density at radius 2 is 1.89 bits per heavy atom. The number of aryl methyl sites for hydroxylation is 3. The van der Waals surface area contributed by atoms with Crippen LogP contribution in [0.15, 0.2) is 9.32 Å². The Kier molecular flexibility index (Phi) is 6.76. The fraction of sp³-hybridized carbons (Fsp3) is 0.640. The van der Waals surface area contributed by atoms with E-state index in [4.69, 9.17) is 9.51 Å². The van der Waals surface area contributed by atoms with Gasteiger partial charge in [-0.2, -0.15) is 4.98 Å². The van der Waals surface area contributed by atoms with Crippen molar-refractivity contribution in [2.75, 3.05) is 26.2 Å². The van der Waals surface area contributed by atoms with Gasteiger partial charge in [0.25, 0.3) is 5.56 Å². The van der Waals surface area contributed by atoms with Crippen LogP contribution in [0, 0.1) is 0 Å². The number of fused-ring (bicyclic) bond motifs is 3. The second-order valence-electron chi connectivity index (χ2n) is 10.7. The molecule has 5 rings (SSSR count). The summed E-state index contributed by atoms with van der Waals surface area (Å²) in [6, 6.07) is 0. The van der Waals surface area contributed by atoms with Crippen LogP contribution in [-0.4, -0.2) is 62.0 Å². The third-order valence-corrected chi connectivity index (χ3v) is 8.08. The van der Waals surface area contributed by atoms with Crippen molar-refractivity contribution >= 4 is 27.5 Å². The molecule has 3 aromatic rings. The van der Waals surface area contributed by atoms with Crippen molar-refractivity contribution in [2.24, 2.45) is 0 Å². The van der Waals surface area contributed by atoms with Gasteiger partial charge in [-0.05, 0) is 37.7 Å². The maximum atomic E-state index is 12.8. The lowest BCUT2D eigenvalue weighted by Crippen LogP contribution is -2.48. The highest BCUT2D eigenvalue weighted by atomic mass is 32.1. The molecule has 1 fully saturated rings. The van der Waals surface area contributed by atoms with Crippen molar-refractivity contribution < 1.29 is 9.32 Å². The van der Waals surface area contributed by atoms with Gasteiger partial charge in [-0.1, -0.05) is 25.9 Å². The third-order valence-electron chi connectivity index (χ3n) is 6.89. The van der Waals surface area contributed by atoms with E-state index in [1.165, 1.54) is 16.9 Å². The van der Waals surface area contributed by atoms with Gasteiger partial charge in [0.1, 0.15) is 10.7 Å². The maximum absolute atomic E-state index is 12.8. The first-order valence-corrected chi connectivity index (χ1v) is 13.5. The first-order valence-electron chi connectivity index (χ1n) is 12.6. The Hall–Kier alpha value is -2.59. The minimum Gasteiger partial charge on any atom is -0.340 e. The maximum Gasteiger partial charge on any atom is 0.259 e. The zero-order valence-electron chi connectivity index (χ0n) is 20.9. The number of nitrogens with one attached hydrogen (secondary N) is 1. The van der Waals surface area contributed by atoms with E-state index in [0.717, 1.165) is 48.4 Å². The van der Waals surface area contributed by atoms with Gasteiger partial charge in [-0.25, -0.2) is 4.98 Å². The van der Waals surface area contributed by atoms with Gasteiger partial charge in [0.2, 0.25) is 11.8 Å². The van der Waals surface area contributed by atoms with Gasteiger partial charge in [0.05, 0.1) is 11.9 Å². The zero-order valence-corrected chi connectivity index (χ0v) is 21.7. The summed E-state index contributed by atoms with van der Waals surface area (Å²) in [5.74, 6) is 2.17. The average Bonchev–Trinajstić information content (AvgIpc) is 3.44. The quantitative estimate of drug-likeness (QED) is 0.556. The predicted molar refractivity (Wildman–Crippen MR) is 135 cm³/mol. The second kappa shape index (κ2) is 9.81. The van der Waals surface area contributed by atoms with Crippen LogP contribution in [0.25, 0.3) is 10.2 Å². The van der Waals surface area contributed by atoms with E-state index in [-0.39, 0.29) is 16.9 Å². The molecule has 9 nitrogen and oxygen atoms in total. The number of rotatable bonds is 6. The molecule has 4 heterocycles. The molecule has 0 atom stereocenters. The summed E-state index contributed by atoms with van der Waals surface area (Å²) in [6.07, 6.45) is 6.18. The minimum atomic E-state index is -0.144. The predicted octanol–water partition coefficient (Wildman–Crippen LogP) is 3.21. The van der Waals surface area contributed by atoms with Crippen molar-refractivity contribution in [3.8, 4) is 0 Å². The van der Waals surface area contributed by atoms with Crippen LogP contribution in [0.3, 0.4) is 0 Å². The molecule has 0 unspecified atom stereocenters. The fourth-order valence-electron chi connectivity index (χ4n) is 4.86. The number of nitrogens with zero attached hydrogens (tertiary/aromatic N) is 5. The average molecular weight is 499 g/mol. The van der Waals surface area contributed by atoms with E-state index < -0.39 is 0 Å². The van der Waals surface area contributed by atoms with Gasteiger partial charge >= 0.3 is 0 Å². The first kappa shape index (κ1) is 24.1. The van der Waals surface area contributed by atoms with Crippen molar-refractivity contribution in [3.63, 3.8) is 0 Å². The first-order chi connectivity index (χ1) is 16.8. The number of thiophene rings is 1. The largest absolute Gasteiger partial charge is 0.340 e. The molecule has 1 saturated heterocycles. The van der Waals surface area contributed by atoms with Gasteiger partial charge in [-0.3, -0.25) is 14.5 Å². The Morgan fingerprint density at radius 1 is 1.11 bits per heavy atom. The molecule has 10 heteroatoms. The number of H-pyrrole nitrogens is 1. The molecule has 3 aromatic heterocycles. The van der Waals surface area contributed by atoms with Crippen LogP contribution < -0.4 is 5.56 Å². The Bertz CT molecular complexity index is 1260. The van der Waals surface area contributed by atoms with E-state index in [1.54, 1.807) is 11.3 Å². The van der Waals surface area contributed by atoms with Crippen LogP contribution in [0.2, 0.25) is 0 Å². The number of aromatic amines is 1. The number of amides is 1. The zero-order chi connectivity index (χ0) is 24.6. The van der Waals surface area contributed by atoms with Crippen molar-refractivity contribution in [3.05, 3.63) is 38.3 Å². The molecule has 188 valence electrons. The highest BCUT2D eigenvalue weighted by molar-refractivity contribution is 7.18. The van der Waals surface area contributed by atoms with E-state index in [2.05, 4.69) is 20.0 Å². The number of hydrogen-bond acceptors (Lipinski definition) is 8. The molecule has 1 amide bonds. The summed E-state index contributed by atoms with van der Waals surface area (Å²) in [5, 5.41) is 4.85. The molecule has 0 spiro atoms. The molecule has 0 aromatic carbocycles. The minimum absolute atomic E-state index is 0.00548. The van der Waals surface area contributed by atoms with Crippen molar-refractivity contribution in [1.82, 2.24) is 29.9 Å². The number of piperazine rings is 1. The molecule has 0 saturated carbocycles. The number of carbonyl (C=O) groups is 1. The van der Waals surface area contributed by atoms with Crippen molar-refractivity contribution in [2.45, 2.75) is 77.7 Å². The Balaban J connectivity index is 1.11. The summed E-state index contributed by atoms with van der Waals surface area (Å²) in [7, 11) is 0. The van der Waals surface area contributed by atoms with Gasteiger partial charge < -0.3 is 14.4 Å². The number of hydrogen-bond donors (Lipinski definition) is 1. The monoisotopic (exact) mass is 498 g/mol. The Morgan fingerprint density at radius 3 is 2.63 bits per heavy atom. The summed E-state index contributed by atoms with van der Waals surface area (Å²) in [6.45, 7) is 9.66. The smallest absolute Gasteiger partial charge is 0.259 e. The van der Waals surface area contributed by atoms with Gasteiger partial charge in [0.15, 0.2) is 5.82 Å². The molecule has 1 aliphatic carbocycles. The molecule has 1 N–H and O–H groups in total. The van der Waals surface area contributed by atoms with E-state index in [1.807, 2.05) is 25.7 Å². The van der Waals surface area contributed by atoms with Crippen LogP contribution in [0.5, 0.6) is 0 Å². The summed E-state index contributed by atoms with van der Waals surface area (Å²) >= 11 is 1.69. The normalized spacial score (nSPS) is 17.2. The highest BCUT2D eigenvalue weighted by Gasteiger charge is 2.24. The van der Waals surface area contributed by atoms with Crippen LogP contribution >= 0.6 is 11.3 Å². The molecular weight excluding hydrogens is 464 g/mol. The molecule has 0 radical (unpaired) electrons. The SMILES string of the molecule is CC(C)(C)c1noc(CCCC(=O)N2CCN(Cc3nc4sc5c(c4c(=O)[nH]3)CCCC5)CC2)n1. The summed E-state index contributed by atoms with van der Waals surface area (Å²) < 4.78 is 5.32. The molecule has 0 bridgehead atoms. The molecule has 2 aliphatic rings. The van der Waals surface area contributed by atoms with Gasteiger partial charge in [0, 0.05) is 49.3 Å². The summed E-state index contributed by atoms with van der Waals surface area (Å²) in [5.41, 5.74) is 1.07. The third kappa shape index (κ3) is 5.33. The topological polar surface area (TPSA) is 108 Å². The van der Waals surface area contributed by atoms with E-state index >= 15 is 0 Å². The second-order valence-corrected chi connectivity index (χ2v) is 11.8. The standard InChI is InChI=1S/C25H34N6O3S/c1-25(2,3)24-28-19(34-29-24)9-6-10-20(32)31-13-11-30(12-14-31)15-18-26-22(33)21-16-7-4-5-8-17(16)35-23(21)27-18/h4-15H2,1-3H3,(H,26,27,33). The van der Waals surface area contributed by atoms with Crippen molar-refractivity contribution in [1.29, 1.82) is 0 Å². The van der Waals surface area contributed by atoms with E-state index in [0.29, 0.717) is 50.6 Å². The number of carbonyl (C=O) groups excluding carboxylic acids is 1. The fourth-order valence-corrected chi connectivity index (χ4v) is 6.14. The highest BCUT2D eigenvalue weighted by Crippen LogP contribution is 2.33. The van der Waals surface area contributed by atoms with Gasteiger partial charge in [-0.15, -0.1) is 11.3 Å². The Labute approximate surface area is 208 Å². The van der Waals surface area contributed by atoms with Crippen LogP contribution in [0.1, 0.15) is 74.4 Å². The lowest BCUT2D eigenvalue weighted by molar-refractivity contribution is -0.133. The van der Waals surface area contributed by atoms with E-state index in [9.17, 15) is 9.59 Å². The van der Waals surface area contributed by atoms with Crippen LogP contribution in [-0.2, 0) is 36.0 Å². The summed E-state index contributed by atoms with van der Waals surface area (Å²) in [4.78, 5) is 44.1. The van der Waals surface area contributed by atoms with Crippen LogP contribution in [0.4, 0.5) is 0 Å². The molecule has 35 heavy (non-hydrogen) atoms.